The highest BCUT2D eigenvalue weighted by molar-refractivity contribution is 9.10. The van der Waals surface area contributed by atoms with E-state index in [1.807, 2.05) is 24.3 Å². The first-order valence-corrected chi connectivity index (χ1v) is 6.34. The Hall–Kier alpha value is -0.380. The Morgan fingerprint density at radius 2 is 1.88 bits per heavy atom. The third-order valence-corrected chi connectivity index (χ3v) is 3.23. The maximum absolute atomic E-state index is 5.93. The normalized spacial score (nSPS) is 29.0. The maximum atomic E-state index is 5.93. The van der Waals surface area contributed by atoms with E-state index in [9.17, 15) is 0 Å². The minimum absolute atomic E-state index is 0.116. The zero-order valence-corrected chi connectivity index (χ0v) is 11.5. The summed E-state index contributed by atoms with van der Waals surface area (Å²) >= 11 is 3.42. The van der Waals surface area contributed by atoms with Gasteiger partial charge in [-0.1, -0.05) is 28.1 Å². The van der Waals surface area contributed by atoms with Crippen LogP contribution >= 0.6 is 15.9 Å². The van der Waals surface area contributed by atoms with E-state index in [1.54, 1.807) is 0 Å². The minimum Gasteiger partial charge on any atom is -0.345 e. The Balaban J connectivity index is 2.17. The number of ether oxygens (including phenoxy) is 2. The van der Waals surface area contributed by atoms with Crippen molar-refractivity contribution in [2.75, 3.05) is 0 Å². The molecule has 1 aliphatic rings. The zero-order valence-electron chi connectivity index (χ0n) is 9.87. The number of rotatable bonds is 1. The van der Waals surface area contributed by atoms with Gasteiger partial charge in [0.2, 0.25) is 0 Å². The maximum Gasteiger partial charge on any atom is 0.184 e. The predicted molar refractivity (Wildman–Crippen MR) is 67.2 cm³/mol. The summed E-state index contributed by atoms with van der Waals surface area (Å²) in [4.78, 5) is 0. The van der Waals surface area contributed by atoms with Gasteiger partial charge in [0.1, 0.15) is 0 Å². The van der Waals surface area contributed by atoms with Crippen LogP contribution in [0.25, 0.3) is 0 Å². The highest BCUT2D eigenvalue weighted by atomic mass is 79.9. The van der Waals surface area contributed by atoms with E-state index >= 15 is 0 Å². The fourth-order valence-corrected chi connectivity index (χ4v) is 2.35. The highest BCUT2D eigenvalue weighted by Gasteiger charge is 2.33. The molecule has 1 saturated heterocycles. The Bertz CT molecular complexity index is 359. The molecule has 2 rings (SSSR count). The fourth-order valence-electron chi connectivity index (χ4n) is 2.08. The summed E-state index contributed by atoms with van der Waals surface area (Å²) in [6, 6.07) is 8.08. The molecule has 88 valence electrons. The lowest BCUT2D eigenvalue weighted by atomic mass is 9.99. The van der Waals surface area contributed by atoms with Gasteiger partial charge in [0, 0.05) is 16.5 Å². The van der Waals surface area contributed by atoms with Crippen molar-refractivity contribution in [2.24, 2.45) is 0 Å². The first kappa shape index (κ1) is 12.1. The number of hydrogen-bond donors (Lipinski definition) is 0. The van der Waals surface area contributed by atoms with Crippen LogP contribution in [-0.2, 0) is 9.47 Å². The molecule has 0 aromatic heterocycles. The quantitative estimate of drug-likeness (QED) is 0.775. The van der Waals surface area contributed by atoms with E-state index in [0.717, 1.165) is 16.5 Å². The molecule has 16 heavy (non-hydrogen) atoms. The van der Waals surface area contributed by atoms with Crippen molar-refractivity contribution < 1.29 is 9.47 Å². The van der Waals surface area contributed by atoms with Crippen molar-refractivity contribution in [3.8, 4) is 0 Å². The number of benzene rings is 1. The van der Waals surface area contributed by atoms with Gasteiger partial charge in [-0.05, 0) is 32.9 Å². The molecule has 2 nitrogen and oxygen atoms in total. The van der Waals surface area contributed by atoms with Gasteiger partial charge in [-0.2, -0.15) is 0 Å². The molecule has 0 amide bonds. The third-order valence-electron chi connectivity index (χ3n) is 2.70. The Kier molecular flexibility index (Phi) is 3.38. The molecule has 0 radical (unpaired) electrons. The topological polar surface area (TPSA) is 18.5 Å². The van der Waals surface area contributed by atoms with Crippen LogP contribution < -0.4 is 0 Å². The Morgan fingerprint density at radius 1 is 1.25 bits per heavy atom. The molecule has 0 bridgehead atoms. The highest BCUT2D eigenvalue weighted by Crippen LogP contribution is 2.35. The van der Waals surface area contributed by atoms with Gasteiger partial charge in [0.05, 0.1) is 11.7 Å². The molecule has 2 atom stereocenters. The van der Waals surface area contributed by atoms with Crippen molar-refractivity contribution >= 4 is 15.9 Å². The molecular weight excluding hydrogens is 268 g/mol. The lowest BCUT2D eigenvalue weighted by molar-refractivity contribution is -0.273. The molecule has 1 fully saturated rings. The number of halogens is 1. The summed E-state index contributed by atoms with van der Waals surface area (Å²) in [5.74, 6) is 0. The van der Waals surface area contributed by atoms with Gasteiger partial charge < -0.3 is 9.47 Å². The molecule has 0 saturated carbocycles. The third kappa shape index (κ3) is 2.84. The largest absolute Gasteiger partial charge is 0.345 e. The molecule has 0 unspecified atom stereocenters. The monoisotopic (exact) mass is 284 g/mol. The second-order valence-corrected chi connectivity index (χ2v) is 5.83. The molecule has 1 aromatic rings. The van der Waals surface area contributed by atoms with Gasteiger partial charge in [-0.25, -0.2) is 0 Å². The zero-order chi connectivity index (χ0) is 11.8. The van der Waals surface area contributed by atoms with E-state index in [0.29, 0.717) is 0 Å². The molecule has 0 N–H and O–H groups in total. The molecule has 0 spiro atoms. The second kappa shape index (κ2) is 4.47. The van der Waals surface area contributed by atoms with E-state index in [4.69, 9.17) is 9.47 Å². The van der Waals surface area contributed by atoms with Gasteiger partial charge in [0.25, 0.3) is 0 Å². The standard InChI is InChI=1S/C13H17BrO2/c1-9-8-13(2,3)16-12(15-9)10-4-6-11(14)7-5-10/h4-7,9,12H,8H2,1-3H3/t9-,12-/m1/s1. The minimum atomic E-state index is -0.244. The molecule has 0 aliphatic carbocycles. The first-order valence-electron chi connectivity index (χ1n) is 5.55. The van der Waals surface area contributed by atoms with Crippen LogP contribution in [0.3, 0.4) is 0 Å². The Labute approximate surface area is 105 Å². The molecule has 1 aromatic carbocycles. The van der Waals surface area contributed by atoms with Crippen LogP contribution in [-0.4, -0.2) is 11.7 Å². The van der Waals surface area contributed by atoms with Crippen molar-refractivity contribution in [3.63, 3.8) is 0 Å². The SMILES string of the molecule is C[C@@H]1CC(C)(C)O[C@H](c2ccc(Br)cc2)O1. The molecule has 1 heterocycles. The van der Waals surface area contributed by atoms with E-state index < -0.39 is 0 Å². The van der Waals surface area contributed by atoms with Crippen molar-refractivity contribution in [1.29, 1.82) is 0 Å². The molecule has 1 aliphatic heterocycles. The fraction of sp³-hybridized carbons (Fsp3) is 0.538. The van der Waals surface area contributed by atoms with Crippen LogP contribution in [0.1, 0.15) is 39.0 Å². The first-order chi connectivity index (χ1) is 7.46. The smallest absolute Gasteiger partial charge is 0.184 e. The second-order valence-electron chi connectivity index (χ2n) is 4.91. The summed E-state index contributed by atoms with van der Waals surface area (Å²) in [5, 5.41) is 0. The van der Waals surface area contributed by atoms with Crippen LogP contribution in [0, 0.1) is 0 Å². The average Bonchev–Trinajstić information content (AvgIpc) is 2.15. The predicted octanol–water partition coefficient (Wildman–Crippen LogP) is 4.05. The van der Waals surface area contributed by atoms with Crippen LogP contribution in [0.15, 0.2) is 28.7 Å². The van der Waals surface area contributed by atoms with Gasteiger partial charge in [-0.3, -0.25) is 0 Å². The molecular formula is C13H17BrO2. The average molecular weight is 285 g/mol. The van der Waals surface area contributed by atoms with Gasteiger partial charge in [-0.15, -0.1) is 0 Å². The van der Waals surface area contributed by atoms with Crippen LogP contribution in [0.5, 0.6) is 0 Å². The van der Waals surface area contributed by atoms with Crippen molar-refractivity contribution in [2.45, 2.75) is 45.2 Å². The molecule has 3 heteroatoms. The van der Waals surface area contributed by atoms with Gasteiger partial charge >= 0.3 is 0 Å². The lowest BCUT2D eigenvalue weighted by Gasteiger charge is -2.39. The summed E-state index contributed by atoms with van der Waals surface area (Å²) in [7, 11) is 0. The van der Waals surface area contributed by atoms with Gasteiger partial charge in [0.15, 0.2) is 6.29 Å². The van der Waals surface area contributed by atoms with E-state index in [-0.39, 0.29) is 18.0 Å². The lowest BCUT2D eigenvalue weighted by Crippen LogP contribution is -2.38. The van der Waals surface area contributed by atoms with Crippen LogP contribution in [0.2, 0.25) is 0 Å². The number of hydrogen-bond acceptors (Lipinski definition) is 2. The summed E-state index contributed by atoms with van der Waals surface area (Å²) < 4.78 is 12.8. The van der Waals surface area contributed by atoms with Crippen molar-refractivity contribution in [1.82, 2.24) is 0 Å². The summed E-state index contributed by atoms with van der Waals surface area (Å²) in [6.07, 6.45) is 0.921. The summed E-state index contributed by atoms with van der Waals surface area (Å²) in [6.45, 7) is 6.31. The van der Waals surface area contributed by atoms with E-state index in [2.05, 4.69) is 36.7 Å². The van der Waals surface area contributed by atoms with Crippen molar-refractivity contribution in [3.05, 3.63) is 34.3 Å². The summed E-state index contributed by atoms with van der Waals surface area (Å²) in [5.41, 5.74) is 0.956. The van der Waals surface area contributed by atoms with Crippen LogP contribution in [0.4, 0.5) is 0 Å². The Morgan fingerprint density at radius 3 is 2.44 bits per heavy atom. The van der Waals surface area contributed by atoms with E-state index in [1.165, 1.54) is 0 Å².